The Morgan fingerprint density at radius 3 is 2.92 bits per heavy atom. The molecule has 25 heavy (non-hydrogen) atoms. The monoisotopic (exact) mass is 342 g/mol. The third-order valence-corrected chi connectivity index (χ3v) is 4.93. The smallest absolute Gasteiger partial charge is 0.257 e. The lowest BCUT2D eigenvalue weighted by molar-refractivity contribution is 0.0726. The van der Waals surface area contributed by atoms with E-state index in [0.29, 0.717) is 30.0 Å². The molecule has 1 atom stereocenters. The maximum absolute atomic E-state index is 13.9. The summed E-state index contributed by atoms with van der Waals surface area (Å²) in [4.78, 5) is 34.1. The molecule has 1 aromatic carbocycles. The predicted molar refractivity (Wildman–Crippen MR) is 89.9 cm³/mol. The summed E-state index contributed by atoms with van der Waals surface area (Å²) in [6.45, 7) is 2.32. The Labute approximate surface area is 144 Å². The van der Waals surface area contributed by atoms with Gasteiger partial charge in [0, 0.05) is 24.6 Å². The number of benzene rings is 1. The molecule has 0 spiro atoms. The van der Waals surface area contributed by atoms with Crippen LogP contribution in [-0.2, 0) is 13.0 Å². The van der Waals surface area contributed by atoms with Crippen molar-refractivity contribution < 1.29 is 9.18 Å². The summed E-state index contributed by atoms with van der Waals surface area (Å²) in [5.41, 5.74) is 1.19. The Morgan fingerprint density at radius 2 is 2.16 bits per heavy atom. The van der Waals surface area contributed by atoms with Crippen LogP contribution in [0.25, 0.3) is 0 Å². The largest absolute Gasteiger partial charge is 0.332 e. The highest BCUT2D eigenvalue weighted by Gasteiger charge is 2.28. The molecule has 0 radical (unpaired) electrons. The van der Waals surface area contributed by atoms with Gasteiger partial charge in [-0.25, -0.2) is 9.37 Å². The van der Waals surface area contributed by atoms with Gasteiger partial charge < -0.3 is 15.2 Å². The number of nitrogens with one attached hydrogen (secondary N) is 2. The van der Waals surface area contributed by atoms with Crippen LogP contribution in [0.5, 0.6) is 0 Å². The molecular formula is C18H19FN4O2. The Balaban J connectivity index is 1.63. The van der Waals surface area contributed by atoms with E-state index in [-0.39, 0.29) is 29.5 Å². The van der Waals surface area contributed by atoms with Crippen LogP contribution in [0.15, 0.2) is 29.1 Å². The number of nitrogens with zero attached hydrogens (tertiary/aromatic N) is 2. The maximum Gasteiger partial charge on any atom is 0.257 e. The minimum atomic E-state index is -0.533. The topological polar surface area (TPSA) is 78.1 Å². The number of carbonyl (C=O) groups is 1. The highest BCUT2D eigenvalue weighted by molar-refractivity contribution is 5.94. The molecule has 0 unspecified atom stereocenters. The van der Waals surface area contributed by atoms with Gasteiger partial charge in [0.1, 0.15) is 11.6 Å². The van der Waals surface area contributed by atoms with Gasteiger partial charge in [-0.05, 0) is 31.5 Å². The van der Waals surface area contributed by atoms with Gasteiger partial charge >= 0.3 is 0 Å². The van der Waals surface area contributed by atoms with Gasteiger partial charge in [0.05, 0.1) is 17.8 Å². The van der Waals surface area contributed by atoms with Gasteiger partial charge in [-0.1, -0.05) is 12.1 Å². The molecule has 130 valence electrons. The number of H-pyrrole nitrogens is 1. The molecule has 4 rings (SSSR count). The van der Waals surface area contributed by atoms with Crippen LogP contribution >= 0.6 is 0 Å². The first-order chi connectivity index (χ1) is 12.1. The molecule has 7 heteroatoms. The maximum atomic E-state index is 13.9. The molecule has 1 saturated heterocycles. The lowest BCUT2D eigenvalue weighted by Gasteiger charge is -2.28. The van der Waals surface area contributed by atoms with Crippen molar-refractivity contribution in [2.24, 2.45) is 0 Å². The van der Waals surface area contributed by atoms with E-state index < -0.39 is 5.82 Å². The Bertz CT molecular complexity index is 874. The molecule has 2 N–H and O–H groups in total. The number of aromatic nitrogens is 2. The molecule has 2 aliphatic heterocycles. The van der Waals surface area contributed by atoms with E-state index in [4.69, 9.17) is 0 Å². The molecule has 2 aliphatic rings. The van der Waals surface area contributed by atoms with Gasteiger partial charge in [-0.3, -0.25) is 9.59 Å². The minimum absolute atomic E-state index is 0.0519. The second-order valence-electron chi connectivity index (χ2n) is 6.52. The zero-order valence-electron chi connectivity index (χ0n) is 13.7. The van der Waals surface area contributed by atoms with E-state index in [1.165, 1.54) is 12.1 Å². The zero-order chi connectivity index (χ0) is 17.4. The summed E-state index contributed by atoms with van der Waals surface area (Å²) < 4.78 is 13.9. The Kier molecular flexibility index (Phi) is 4.09. The molecule has 3 heterocycles. The van der Waals surface area contributed by atoms with Crippen LogP contribution in [0.3, 0.4) is 0 Å². The number of halogens is 1. The fourth-order valence-corrected chi connectivity index (χ4v) is 3.52. The van der Waals surface area contributed by atoms with Crippen molar-refractivity contribution in [3.05, 3.63) is 63.1 Å². The predicted octanol–water partition coefficient (Wildman–Crippen LogP) is 1.18. The van der Waals surface area contributed by atoms with E-state index in [2.05, 4.69) is 15.3 Å². The average molecular weight is 342 g/mol. The van der Waals surface area contributed by atoms with Crippen molar-refractivity contribution in [3.8, 4) is 0 Å². The number of carbonyl (C=O) groups excluding carboxylic acids is 1. The molecule has 1 aromatic heterocycles. The van der Waals surface area contributed by atoms with Crippen molar-refractivity contribution in [3.63, 3.8) is 0 Å². The van der Waals surface area contributed by atoms with Crippen LogP contribution in [0.2, 0.25) is 0 Å². The van der Waals surface area contributed by atoms with Gasteiger partial charge in [-0.15, -0.1) is 0 Å². The summed E-state index contributed by atoms with van der Waals surface area (Å²) in [5, 5.41) is 3.26. The molecular weight excluding hydrogens is 323 g/mol. The van der Waals surface area contributed by atoms with Crippen LogP contribution in [-0.4, -0.2) is 40.4 Å². The molecule has 1 fully saturated rings. The number of amides is 1. The highest BCUT2D eigenvalue weighted by Crippen LogP contribution is 2.22. The normalized spacial score (nSPS) is 19.7. The number of aromatic amines is 1. The Morgan fingerprint density at radius 1 is 1.32 bits per heavy atom. The summed E-state index contributed by atoms with van der Waals surface area (Å²) in [5.74, 6) is -0.0330. The van der Waals surface area contributed by atoms with Crippen molar-refractivity contribution in [2.75, 3.05) is 19.6 Å². The highest BCUT2D eigenvalue weighted by atomic mass is 19.1. The fraction of sp³-hybridized carbons (Fsp3) is 0.389. The number of hydrogen-bond acceptors (Lipinski definition) is 4. The average Bonchev–Trinajstić information content (AvgIpc) is 3.16. The fourth-order valence-electron chi connectivity index (χ4n) is 3.52. The number of fused-ring (bicyclic) bond motifs is 1. The third-order valence-electron chi connectivity index (χ3n) is 4.93. The lowest BCUT2D eigenvalue weighted by Crippen LogP contribution is -2.40. The van der Waals surface area contributed by atoms with Crippen molar-refractivity contribution in [2.45, 2.75) is 25.3 Å². The first-order valence-electron chi connectivity index (χ1n) is 8.50. The van der Waals surface area contributed by atoms with Crippen molar-refractivity contribution in [1.29, 1.82) is 0 Å². The second kappa shape index (κ2) is 6.40. The molecule has 0 saturated carbocycles. The van der Waals surface area contributed by atoms with Crippen LogP contribution in [0.1, 0.15) is 39.8 Å². The third kappa shape index (κ3) is 2.95. The quantitative estimate of drug-likeness (QED) is 0.859. The van der Waals surface area contributed by atoms with E-state index in [9.17, 15) is 14.0 Å². The van der Waals surface area contributed by atoms with E-state index in [1.807, 2.05) is 0 Å². The minimum Gasteiger partial charge on any atom is -0.332 e. The summed E-state index contributed by atoms with van der Waals surface area (Å²) in [6, 6.07) is 5.95. The standard InChI is InChI=1S/C18H19FN4O2/c19-14-4-2-1-3-12(14)18(25)23-8-6-13-15(10-23)21-16(22-17(13)24)11-5-7-20-9-11/h1-4,11,20H,5-10H2,(H,21,22,24)/t11-/m1/s1. The van der Waals surface area contributed by atoms with E-state index in [1.54, 1.807) is 17.0 Å². The molecule has 0 aliphatic carbocycles. The molecule has 0 bridgehead atoms. The molecule has 6 nitrogen and oxygen atoms in total. The first kappa shape index (κ1) is 16.0. The number of rotatable bonds is 2. The lowest BCUT2D eigenvalue weighted by atomic mass is 10.0. The Hall–Kier alpha value is -2.54. The van der Waals surface area contributed by atoms with Crippen molar-refractivity contribution in [1.82, 2.24) is 20.2 Å². The van der Waals surface area contributed by atoms with E-state index in [0.717, 1.165) is 19.5 Å². The van der Waals surface area contributed by atoms with Gasteiger partial charge in [-0.2, -0.15) is 0 Å². The van der Waals surface area contributed by atoms with E-state index >= 15 is 0 Å². The molecule has 2 aromatic rings. The zero-order valence-corrected chi connectivity index (χ0v) is 13.7. The van der Waals surface area contributed by atoms with Crippen LogP contribution in [0.4, 0.5) is 4.39 Å². The summed E-state index contributed by atoms with van der Waals surface area (Å²) in [7, 11) is 0. The molecule has 1 amide bonds. The van der Waals surface area contributed by atoms with Crippen LogP contribution in [0, 0.1) is 5.82 Å². The summed E-state index contributed by atoms with van der Waals surface area (Å²) in [6.07, 6.45) is 1.36. The number of hydrogen-bond donors (Lipinski definition) is 2. The van der Waals surface area contributed by atoms with Gasteiger partial charge in [0.15, 0.2) is 0 Å². The van der Waals surface area contributed by atoms with Crippen LogP contribution < -0.4 is 10.9 Å². The van der Waals surface area contributed by atoms with Gasteiger partial charge in [0.25, 0.3) is 11.5 Å². The summed E-state index contributed by atoms with van der Waals surface area (Å²) >= 11 is 0. The first-order valence-corrected chi connectivity index (χ1v) is 8.50. The SMILES string of the molecule is O=C(c1ccccc1F)N1CCc2c(nc([C@@H]3CCNC3)[nH]c2=O)C1. The van der Waals surface area contributed by atoms with Crippen molar-refractivity contribution >= 4 is 5.91 Å². The second-order valence-corrected chi connectivity index (χ2v) is 6.52. The van der Waals surface area contributed by atoms with Gasteiger partial charge in [0.2, 0.25) is 0 Å².